The van der Waals surface area contributed by atoms with Crippen LogP contribution in [-0.4, -0.2) is 36.3 Å². The Morgan fingerprint density at radius 3 is 2.27 bits per heavy atom. The predicted molar refractivity (Wildman–Crippen MR) is 121 cm³/mol. The molecule has 8 heteroatoms. The lowest BCUT2D eigenvalue weighted by Gasteiger charge is -2.42. The molecular formula is C25H29ClF3NO3. The van der Waals surface area contributed by atoms with E-state index in [4.69, 9.17) is 21.1 Å². The first kappa shape index (κ1) is 25.4. The average molecular weight is 484 g/mol. The Bertz CT molecular complexity index is 950. The fourth-order valence-corrected chi connectivity index (χ4v) is 4.27. The average Bonchev–Trinajstić information content (AvgIpc) is 2.72. The first-order valence-corrected chi connectivity index (χ1v) is 11.2. The number of benzene rings is 2. The molecule has 0 aliphatic carbocycles. The van der Waals surface area contributed by atoms with Gasteiger partial charge in [-0.05, 0) is 62.9 Å². The zero-order valence-corrected chi connectivity index (χ0v) is 19.8. The third-order valence-corrected chi connectivity index (χ3v) is 5.91. The Labute approximate surface area is 197 Å². The number of amides is 1. The largest absolute Gasteiger partial charge is 0.444 e. The highest BCUT2D eigenvalue weighted by molar-refractivity contribution is 6.30. The molecular weight excluding hydrogens is 455 g/mol. The lowest BCUT2D eigenvalue weighted by atomic mass is 9.73. The Balaban J connectivity index is 1.71. The van der Waals surface area contributed by atoms with Crippen molar-refractivity contribution in [3.05, 3.63) is 70.2 Å². The van der Waals surface area contributed by atoms with E-state index in [1.54, 1.807) is 4.90 Å². The maximum atomic E-state index is 13.1. The van der Waals surface area contributed by atoms with Gasteiger partial charge >= 0.3 is 12.3 Å². The maximum Gasteiger partial charge on any atom is 0.416 e. The monoisotopic (exact) mass is 483 g/mol. The molecule has 0 radical (unpaired) electrons. The predicted octanol–water partition coefficient (Wildman–Crippen LogP) is 6.84. The minimum atomic E-state index is -4.47. The summed E-state index contributed by atoms with van der Waals surface area (Å²) in [6, 6.07) is 13.3. The SMILES string of the molecule is CC(C)(C)OC(=O)N1CCC(COCc2cc(Cl)cc(C(F)(F)F)c2)(c2ccccc2)CC1. The van der Waals surface area contributed by atoms with Gasteiger partial charge in [0.05, 0.1) is 18.8 Å². The molecule has 0 aromatic heterocycles. The number of halogens is 4. The van der Waals surface area contributed by atoms with Crippen LogP contribution in [0.4, 0.5) is 18.0 Å². The highest BCUT2D eigenvalue weighted by Crippen LogP contribution is 2.37. The van der Waals surface area contributed by atoms with Crippen LogP contribution in [0.2, 0.25) is 5.02 Å². The standard InChI is InChI=1S/C25H29ClF3NO3/c1-23(2,3)33-22(31)30-11-9-24(10-12-30,19-7-5-4-6-8-19)17-32-16-18-13-20(25(27,28)29)15-21(26)14-18/h4-8,13-15H,9-12,16-17H2,1-3H3. The molecule has 0 bridgehead atoms. The second-order valence-electron chi connectivity index (χ2n) is 9.45. The number of alkyl halides is 3. The van der Waals surface area contributed by atoms with E-state index in [9.17, 15) is 18.0 Å². The van der Waals surface area contributed by atoms with E-state index in [2.05, 4.69) is 0 Å². The van der Waals surface area contributed by atoms with Crippen molar-refractivity contribution in [2.75, 3.05) is 19.7 Å². The molecule has 0 unspecified atom stereocenters. The van der Waals surface area contributed by atoms with E-state index < -0.39 is 17.3 Å². The maximum absolute atomic E-state index is 13.1. The summed E-state index contributed by atoms with van der Waals surface area (Å²) in [6.45, 7) is 6.82. The molecule has 1 fully saturated rings. The summed E-state index contributed by atoms with van der Waals surface area (Å²) in [6.07, 6.45) is -3.51. The van der Waals surface area contributed by atoms with E-state index in [0.29, 0.717) is 38.1 Å². The zero-order valence-electron chi connectivity index (χ0n) is 19.0. The number of nitrogens with zero attached hydrogens (tertiary/aromatic N) is 1. The van der Waals surface area contributed by atoms with Gasteiger partial charge in [0, 0.05) is 23.5 Å². The summed E-state index contributed by atoms with van der Waals surface area (Å²) in [5, 5.41) is 0.0202. The molecule has 1 amide bonds. The van der Waals surface area contributed by atoms with Gasteiger partial charge in [-0.25, -0.2) is 4.79 Å². The van der Waals surface area contributed by atoms with Crippen LogP contribution < -0.4 is 0 Å². The van der Waals surface area contributed by atoms with E-state index in [1.807, 2.05) is 51.1 Å². The fourth-order valence-electron chi connectivity index (χ4n) is 4.01. The molecule has 0 N–H and O–H groups in total. The normalized spacial score (nSPS) is 16.5. The van der Waals surface area contributed by atoms with Gasteiger partial charge in [0.2, 0.25) is 0 Å². The summed E-state index contributed by atoms with van der Waals surface area (Å²) in [5.74, 6) is 0. The van der Waals surface area contributed by atoms with E-state index in [1.165, 1.54) is 6.07 Å². The van der Waals surface area contributed by atoms with Gasteiger partial charge in [0.1, 0.15) is 5.60 Å². The molecule has 0 saturated carbocycles. The quantitative estimate of drug-likeness (QED) is 0.467. The molecule has 4 nitrogen and oxygen atoms in total. The number of ether oxygens (including phenoxy) is 2. The van der Waals surface area contributed by atoms with Crippen LogP contribution in [0.15, 0.2) is 48.5 Å². The van der Waals surface area contributed by atoms with Crippen LogP contribution in [0.25, 0.3) is 0 Å². The molecule has 2 aromatic carbocycles. The number of piperidine rings is 1. The molecule has 3 rings (SSSR count). The Morgan fingerprint density at radius 1 is 1.06 bits per heavy atom. The van der Waals surface area contributed by atoms with Crippen LogP contribution in [0.1, 0.15) is 50.3 Å². The minimum Gasteiger partial charge on any atom is -0.444 e. The first-order valence-electron chi connectivity index (χ1n) is 10.9. The van der Waals surface area contributed by atoms with Crippen LogP contribution in [0.3, 0.4) is 0 Å². The number of hydrogen-bond acceptors (Lipinski definition) is 3. The Hall–Kier alpha value is -2.25. The summed E-state index contributed by atoms with van der Waals surface area (Å²) < 4.78 is 50.8. The van der Waals surface area contributed by atoms with Gasteiger partial charge in [-0.1, -0.05) is 41.9 Å². The molecule has 1 heterocycles. The first-order chi connectivity index (χ1) is 15.4. The van der Waals surface area contributed by atoms with Gasteiger partial charge in [0.25, 0.3) is 0 Å². The zero-order chi connectivity index (χ0) is 24.3. The van der Waals surface area contributed by atoms with Crippen LogP contribution in [-0.2, 0) is 27.7 Å². The van der Waals surface area contributed by atoms with Crippen molar-refractivity contribution in [2.45, 2.75) is 57.4 Å². The summed E-state index contributed by atoms with van der Waals surface area (Å²) in [5.41, 5.74) is -0.275. The third kappa shape index (κ3) is 6.87. The third-order valence-electron chi connectivity index (χ3n) is 5.69. The highest BCUT2D eigenvalue weighted by atomic mass is 35.5. The smallest absolute Gasteiger partial charge is 0.416 e. The van der Waals surface area contributed by atoms with Crippen molar-refractivity contribution in [1.82, 2.24) is 4.90 Å². The molecule has 180 valence electrons. The van der Waals surface area contributed by atoms with Crippen molar-refractivity contribution in [3.63, 3.8) is 0 Å². The van der Waals surface area contributed by atoms with Gasteiger partial charge in [-0.3, -0.25) is 0 Å². The van der Waals surface area contributed by atoms with Gasteiger partial charge in [-0.2, -0.15) is 13.2 Å². The van der Waals surface area contributed by atoms with Crippen molar-refractivity contribution < 1.29 is 27.4 Å². The molecule has 1 aliphatic heterocycles. The molecule has 0 spiro atoms. The van der Waals surface area contributed by atoms with Crippen molar-refractivity contribution in [2.24, 2.45) is 0 Å². The van der Waals surface area contributed by atoms with E-state index >= 15 is 0 Å². The topological polar surface area (TPSA) is 38.8 Å². The van der Waals surface area contributed by atoms with Crippen LogP contribution in [0.5, 0.6) is 0 Å². The van der Waals surface area contributed by atoms with E-state index in [-0.39, 0.29) is 23.1 Å². The van der Waals surface area contributed by atoms with Crippen molar-refractivity contribution in [1.29, 1.82) is 0 Å². The number of likely N-dealkylation sites (tertiary alicyclic amines) is 1. The summed E-state index contributed by atoms with van der Waals surface area (Å²) in [7, 11) is 0. The second kappa shape index (κ2) is 9.94. The minimum absolute atomic E-state index is 0.00794. The lowest BCUT2D eigenvalue weighted by Crippen LogP contribution is -2.48. The number of carbonyl (C=O) groups is 1. The lowest BCUT2D eigenvalue weighted by molar-refractivity contribution is -0.137. The Kier molecular flexibility index (Phi) is 7.64. The summed E-state index contributed by atoms with van der Waals surface area (Å²) >= 11 is 5.89. The van der Waals surface area contributed by atoms with E-state index in [0.717, 1.165) is 17.7 Å². The van der Waals surface area contributed by atoms with Crippen molar-refractivity contribution in [3.8, 4) is 0 Å². The number of rotatable bonds is 5. The second-order valence-corrected chi connectivity index (χ2v) is 9.89. The molecule has 2 aromatic rings. The molecule has 1 aliphatic rings. The van der Waals surface area contributed by atoms with Gasteiger partial charge < -0.3 is 14.4 Å². The number of carbonyl (C=O) groups excluding carboxylic acids is 1. The summed E-state index contributed by atoms with van der Waals surface area (Å²) in [4.78, 5) is 14.2. The van der Waals surface area contributed by atoms with Crippen LogP contribution in [0, 0.1) is 0 Å². The number of hydrogen-bond donors (Lipinski definition) is 0. The van der Waals surface area contributed by atoms with Crippen LogP contribution >= 0.6 is 11.6 Å². The molecule has 33 heavy (non-hydrogen) atoms. The molecule has 0 atom stereocenters. The fraction of sp³-hybridized carbons (Fsp3) is 0.480. The highest BCUT2D eigenvalue weighted by Gasteiger charge is 2.39. The molecule has 1 saturated heterocycles. The van der Waals surface area contributed by atoms with Gasteiger partial charge in [-0.15, -0.1) is 0 Å². The van der Waals surface area contributed by atoms with Crippen molar-refractivity contribution >= 4 is 17.7 Å². The van der Waals surface area contributed by atoms with Gasteiger partial charge in [0.15, 0.2) is 0 Å². The Morgan fingerprint density at radius 2 is 1.70 bits per heavy atom.